The molecule has 0 saturated carbocycles. The van der Waals surface area contributed by atoms with Crippen LogP contribution in [0, 0.1) is 0 Å². The zero-order chi connectivity index (χ0) is 16.4. The minimum Gasteiger partial charge on any atom is -0.495 e. The van der Waals surface area contributed by atoms with Crippen LogP contribution in [0.1, 0.15) is 11.8 Å². The molecule has 2 rings (SSSR count). The summed E-state index contributed by atoms with van der Waals surface area (Å²) in [5.41, 5.74) is -1.28. The van der Waals surface area contributed by atoms with Gasteiger partial charge in [-0.1, -0.05) is 17.7 Å². The van der Waals surface area contributed by atoms with Crippen LogP contribution >= 0.6 is 22.9 Å². The van der Waals surface area contributed by atoms with E-state index in [1.165, 1.54) is 36.6 Å². The molecule has 120 valence electrons. The van der Waals surface area contributed by atoms with Crippen molar-refractivity contribution in [3.8, 4) is 5.75 Å². The average molecular weight is 362 g/mol. The predicted molar refractivity (Wildman–Crippen MR) is 87.1 cm³/mol. The Morgan fingerprint density at radius 1 is 1.41 bits per heavy atom. The summed E-state index contributed by atoms with van der Waals surface area (Å²) in [4.78, 5) is 0.697. The van der Waals surface area contributed by atoms with Gasteiger partial charge >= 0.3 is 0 Å². The van der Waals surface area contributed by atoms with Crippen LogP contribution in [0.2, 0.25) is 5.02 Å². The summed E-state index contributed by atoms with van der Waals surface area (Å²) < 4.78 is 32.0. The Balaban J connectivity index is 2.16. The first-order chi connectivity index (χ1) is 10.3. The van der Waals surface area contributed by atoms with Crippen molar-refractivity contribution in [2.45, 2.75) is 17.4 Å². The molecular formula is C14H16ClNO4S2. The summed E-state index contributed by atoms with van der Waals surface area (Å²) in [6.45, 7) is 1.42. The van der Waals surface area contributed by atoms with Crippen molar-refractivity contribution in [3.05, 3.63) is 45.6 Å². The van der Waals surface area contributed by atoms with Crippen molar-refractivity contribution in [1.82, 2.24) is 4.72 Å². The van der Waals surface area contributed by atoms with E-state index in [4.69, 9.17) is 16.3 Å². The summed E-state index contributed by atoms with van der Waals surface area (Å²) in [6, 6.07) is 7.74. The number of nitrogens with one attached hydrogen (secondary N) is 1. The summed E-state index contributed by atoms with van der Waals surface area (Å²) in [6.07, 6.45) is 0. The Morgan fingerprint density at radius 3 is 2.68 bits per heavy atom. The Bertz CT molecular complexity index is 742. The number of ether oxygens (including phenoxy) is 1. The molecule has 0 aliphatic heterocycles. The Hall–Kier alpha value is -1.12. The van der Waals surface area contributed by atoms with Gasteiger partial charge in [0.15, 0.2) is 0 Å². The van der Waals surface area contributed by atoms with Crippen molar-refractivity contribution < 1.29 is 18.3 Å². The topological polar surface area (TPSA) is 75.6 Å². The van der Waals surface area contributed by atoms with Gasteiger partial charge in [0, 0.05) is 11.4 Å². The number of sulfonamides is 1. The van der Waals surface area contributed by atoms with Crippen LogP contribution in [0.3, 0.4) is 0 Å². The van der Waals surface area contributed by atoms with E-state index in [2.05, 4.69) is 4.72 Å². The number of hydrogen-bond donors (Lipinski definition) is 2. The predicted octanol–water partition coefficient (Wildman–Crippen LogP) is 2.60. The fourth-order valence-electron chi connectivity index (χ4n) is 1.81. The molecule has 0 unspecified atom stereocenters. The molecule has 0 amide bonds. The second-order valence-electron chi connectivity index (χ2n) is 4.87. The molecule has 2 aromatic rings. The van der Waals surface area contributed by atoms with Gasteiger partial charge in [-0.25, -0.2) is 13.1 Å². The molecule has 1 aromatic heterocycles. The first kappa shape index (κ1) is 17.2. The second kappa shape index (κ2) is 6.55. The molecule has 1 aromatic carbocycles. The molecule has 0 aliphatic carbocycles. The molecule has 2 N–H and O–H groups in total. The molecule has 0 saturated heterocycles. The van der Waals surface area contributed by atoms with Crippen LogP contribution in [0.25, 0.3) is 0 Å². The highest BCUT2D eigenvalue weighted by molar-refractivity contribution is 7.89. The standard InChI is InChI=1S/C14H16ClNO4S2/c1-14(17,13-4-3-7-21-13)9-16-22(18,19)10-5-6-12(20-2)11(15)8-10/h3-8,16-17H,9H2,1-2H3/t14-/m1/s1. The van der Waals surface area contributed by atoms with Crippen molar-refractivity contribution in [2.24, 2.45) is 0 Å². The van der Waals surface area contributed by atoms with Crippen LogP contribution in [-0.2, 0) is 15.6 Å². The van der Waals surface area contributed by atoms with E-state index in [0.717, 1.165) is 0 Å². The first-order valence-corrected chi connectivity index (χ1v) is 9.10. The van der Waals surface area contributed by atoms with Gasteiger partial charge in [0.05, 0.1) is 17.0 Å². The van der Waals surface area contributed by atoms with Gasteiger partial charge in [-0.2, -0.15) is 0 Å². The smallest absolute Gasteiger partial charge is 0.240 e. The molecule has 0 aliphatic rings. The van der Waals surface area contributed by atoms with E-state index in [1.807, 2.05) is 5.38 Å². The molecule has 0 bridgehead atoms. The lowest BCUT2D eigenvalue weighted by atomic mass is 10.1. The van der Waals surface area contributed by atoms with Crippen molar-refractivity contribution >= 4 is 33.0 Å². The number of thiophene rings is 1. The van der Waals surface area contributed by atoms with E-state index in [0.29, 0.717) is 10.6 Å². The van der Waals surface area contributed by atoms with Gasteiger partial charge in [-0.05, 0) is 36.6 Å². The van der Waals surface area contributed by atoms with E-state index in [9.17, 15) is 13.5 Å². The molecule has 0 radical (unpaired) electrons. The van der Waals surface area contributed by atoms with E-state index >= 15 is 0 Å². The molecule has 1 heterocycles. The highest BCUT2D eigenvalue weighted by Gasteiger charge is 2.27. The highest BCUT2D eigenvalue weighted by atomic mass is 35.5. The number of methoxy groups -OCH3 is 1. The van der Waals surface area contributed by atoms with Gasteiger partial charge in [0.2, 0.25) is 10.0 Å². The number of benzene rings is 1. The lowest BCUT2D eigenvalue weighted by Gasteiger charge is -2.22. The maximum absolute atomic E-state index is 12.3. The summed E-state index contributed by atoms with van der Waals surface area (Å²) >= 11 is 7.30. The third-order valence-corrected chi connectivity index (χ3v) is 5.91. The van der Waals surface area contributed by atoms with Crippen molar-refractivity contribution in [1.29, 1.82) is 0 Å². The fourth-order valence-corrected chi connectivity index (χ4v) is 4.07. The minimum absolute atomic E-state index is 0.0141. The normalized spacial score (nSPS) is 14.5. The molecular weight excluding hydrogens is 346 g/mol. The van der Waals surface area contributed by atoms with Crippen molar-refractivity contribution in [3.63, 3.8) is 0 Å². The van der Waals surface area contributed by atoms with Crippen LogP contribution in [0.4, 0.5) is 0 Å². The zero-order valence-electron chi connectivity index (χ0n) is 12.0. The molecule has 5 nitrogen and oxygen atoms in total. The van der Waals surface area contributed by atoms with E-state index < -0.39 is 15.6 Å². The van der Waals surface area contributed by atoms with Crippen LogP contribution in [0.5, 0.6) is 5.75 Å². The van der Waals surface area contributed by atoms with Crippen LogP contribution in [0.15, 0.2) is 40.6 Å². The zero-order valence-corrected chi connectivity index (χ0v) is 14.4. The van der Waals surface area contributed by atoms with Gasteiger partial charge in [0.25, 0.3) is 0 Å². The lowest BCUT2D eigenvalue weighted by Crippen LogP contribution is -2.38. The molecule has 22 heavy (non-hydrogen) atoms. The maximum atomic E-state index is 12.3. The highest BCUT2D eigenvalue weighted by Crippen LogP contribution is 2.28. The number of halogens is 1. The van der Waals surface area contributed by atoms with Crippen LogP contribution < -0.4 is 9.46 Å². The monoisotopic (exact) mass is 361 g/mol. The second-order valence-corrected chi connectivity index (χ2v) is 7.99. The summed E-state index contributed by atoms with van der Waals surface area (Å²) in [5, 5.41) is 12.4. The molecule has 8 heteroatoms. The van der Waals surface area contributed by atoms with E-state index in [1.54, 1.807) is 19.1 Å². The molecule has 0 spiro atoms. The Kier molecular flexibility index (Phi) is 5.14. The Labute approximate surface area is 138 Å². The fraction of sp³-hybridized carbons (Fsp3) is 0.286. The van der Waals surface area contributed by atoms with Gasteiger partial charge in [-0.3, -0.25) is 0 Å². The summed E-state index contributed by atoms with van der Waals surface area (Å²) in [7, 11) is -2.33. The number of aliphatic hydroxyl groups is 1. The quantitative estimate of drug-likeness (QED) is 0.829. The lowest BCUT2D eigenvalue weighted by molar-refractivity contribution is 0.0666. The molecule has 1 atom stereocenters. The maximum Gasteiger partial charge on any atom is 0.240 e. The number of rotatable bonds is 6. The van der Waals surface area contributed by atoms with Crippen LogP contribution in [-0.4, -0.2) is 27.2 Å². The van der Waals surface area contributed by atoms with E-state index in [-0.39, 0.29) is 16.5 Å². The largest absolute Gasteiger partial charge is 0.495 e. The van der Waals surface area contributed by atoms with Gasteiger partial charge in [0.1, 0.15) is 11.4 Å². The SMILES string of the molecule is COc1ccc(S(=O)(=O)NC[C@@](C)(O)c2cccs2)cc1Cl. The van der Waals surface area contributed by atoms with Crippen molar-refractivity contribution in [2.75, 3.05) is 13.7 Å². The third kappa shape index (κ3) is 3.80. The summed E-state index contributed by atoms with van der Waals surface area (Å²) in [5.74, 6) is 0.395. The Morgan fingerprint density at radius 2 is 2.14 bits per heavy atom. The average Bonchev–Trinajstić information content (AvgIpc) is 3.00. The van der Waals surface area contributed by atoms with Gasteiger partial charge in [-0.15, -0.1) is 11.3 Å². The van der Waals surface area contributed by atoms with Gasteiger partial charge < -0.3 is 9.84 Å². The third-order valence-electron chi connectivity index (χ3n) is 3.09. The first-order valence-electron chi connectivity index (χ1n) is 6.36. The molecule has 0 fully saturated rings. The minimum atomic E-state index is -3.78. The number of hydrogen-bond acceptors (Lipinski definition) is 5.